The summed E-state index contributed by atoms with van der Waals surface area (Å²) < 4.78 is 6.57. The van der Waals surface area contributed by atoms with E-state index in [0.717, 1.165) is 32.6 Å². The minimum atomic E-state index is -0.769. The maximum atomic E-state index is 9.59. The van der Waals surface area contributed by atoms with Gasteiger partial charge in [0.25, 0.3) is 0 Å². The van der Waals surface area contributed by atoms with Gasteiger partial charge in [-0.05, 0) is 37.5 Å². The molecule has 5 heteroatoms. The number of anilines is 1. The van der Waals surface area contributed by atoms with E-state index in [1.165, 1.54) is 0 Å². The molecule has 0 aromatic heterocycles. The van der Waals surface area contributed by atoms with Crippen LogP contribution in [0, 0.1) is 20.8 Å². The Labute approximate surface area is 123 Å². The smallest absolute Gasteiger partial charge is 0.145 e. The number of likely N-dealkylation sites (N-methyl/N-ethyl adjacent to an activating group) is 1. The van der Waals surface area contributed by atoms with Crippen molar-refractivity contribution in [2.45, 2.75) is 26.9 Å². The van der Waals surface area contributed by atoms with E-state index in [1.54, 1.807) is 7.11 Å². The van der Waals surface area contributed by atoms with Gasteiger partial charge in [0.05, 0.1) is 25.5 Å². The van der Waals surface area contributed by atoms with Gasteiger partial charge < -0.3 is 19.8 Å². The molecule has 1 unspecified atom stereocenters. The van der Waals surface area contributed by atoms with Gasteiger partial charge in [-0.1, -0.05) is 15.9 Å². The third-order valence-electron chi connectivity index (χ3n) is 3.41. The molecule has 0 saturated carbocycles. The third kappa shape index (κ3) is 3.22. The Morgan fingerprint density at radius 3 is 2.26 bits per heavy atom. The number of nitrogens with zero attached hydrogens (tertiary/aromatic N) is 1. The SMILES string of the molecule is COc1c(C)c(C)c(Br)c(C)c1N(C)CC(O)CO. The Balaban J connectivity index is 3.33. The molecule has 0 aliphatic heterocycles. The third-order valence-corrected chi connectivity index (χ3v) is 4.60. The van der Waals surface area contributed by atoms with Gasteiger partial charge in [-0.2, -0.15) is 0 Å². The Kier molecular flexibility index (Phi) is 5.64. The van der Waals surface area contributed by atoms with Crippen molar-refractivity contribution in [3.05, 3.63) is 21.2 Å². The lowest BCUT2D eigenvalue weighted by Crippen LogP contribution is -2.32. The van der Waals surface area contributed by atoms with E-state index in [1.807, 2.05) is 32.7 Å². The molecule has 4 nitrogen and oxygen atoms in total. The standard InChI is InChI=1S/C14H22BrNO3/c1-8-9(2)14(19-5)13(10(3)12(8)15)16(4)6-11(18)7-17/h11,17-18H,6-7H2,1-5H3. The molecule has 0 fully saturated rings. The number of hydrogen-bond acceptors (Lipinski definition) is 4. The molecule has 2 N–H and O–H groups in total. The zero-order valence-electron chi connectivity index (χ0n) is 12.1. The average Bonchev–Trinajstić information content (AvgIpc) is 2.39. The maximum absolute atomic E-state index is 9.59. The number of aliphatic hydroxyl groups excluding tert-OH is 2. The molecule has 1 atom stereocenters. The highest BCUT2D eigenvalue weighted by Crippen LogP contribution is 2.41. The largest absolute Gasteiger partial charge is 0.494 e. The van der Waals surface area contributed by atoms with Crippen molar-refractivity contribution in [1.29, 1.82) is 0 Å². The van der Waals surface area contributed by atoms with E-state index in [9.17, 15) is 5.11 Å². The first-order chi connectivity index (χ1) is 8.84. The summed E-state index contributed by atoms with van der Waals surface area (Å²) in [6.45, 7) is 6.16. The molecule has 0 radical (unpaired) electrons. The number of halogens is 1. The molecule has 0 spiro atoms. The van der Waals surface area contributed by atoms with Crippen LogP contribution >= 0.6 is 15.9 Å². The Hall–Kier alpha value is -0.780. The van der Waals surface area contributed by atoms with Crippen molar-refractivity contribution < 1.29 is 14.9 Å². The summed E-state index contributed by atoms with van der Waals surface area (Å²) in [5.41, 5.74) is 4.21. The first-order valence-electron chi connectivity index (χ1n) is 6.18. The van der Waals surface area contributed by atoms with Crippen molar-refractivity contribution in [2.75, 3.05) is 32.2 Å². The van der Waals surface area contributed by atoms with Crippen LogP contribution in [-0.2, 0) is 0 Å². The van der Waals surface area contributed by atoms with Crippen LogP contribution in [-0.4, -0.2) is 43.6 Å². The van der Waals surface area contributed by atoms with Gasteiger partial charge in [0.15, 0.2) is 0 Å². The quantitative estimate of drug-likeness (QED) is 0.868. The highest BCUT2D eigenvalue weighted by molar-refractivity contribution is 9.10. The van der Waals surface area contributed by atoms with Crippen molar-refractivity contribution in [3.8, 4) is 5.75 Å². The highest BCUT2D eigenvalue weighted by atomic mass is 79.9. The minimum absolute atomic E-state index is 0.252. The fraction of sp³-hybridized carbons (Fsp3) is 0.571. The Morgan fingerprint density at radius 1 is 1.21 bits per heavy atom. The molecule has 0 bridgehead atoms. The van der Waals surface area contributed by atoms with Gasteiger partial charge in [-0.3, -0.25) is 0 Å². The fourth-order valence-corrected chi connectivity index (χ4v) is 2.73. The summed E-state index contributed by atoms with van der Waals surface area (Å²) in [5, 5.41) is 18.6. The zero-order chi connectivity index (χ0) is 14.7. The van der Waals surface area contributed by atoms with Crippen molar-refractivity contribution >= 4 is 21.6 Å². The second-order valence-corrected chi connectivity index (χ2v) is 5.58. The first kappa shape index (κ1) is 16.3. The molecule has 0 heterocycles. The summed E-state index contributed by atoms with van der Waals surface area (Å²) in [4.78, 5) is 1.91. The minimum Gasteiger partial charge on any atom is -0.494 e. The number of benzene rings is 1. The van der Waals surface area contributed by atoms with Crippen molar-refractivity contribution in [2.24, 2.45) is 0 Å². The van der Waals surface area contributed by atoms with Gasteiger partial charge >= 0.3 is 0 Å². The molecule has 1 rings (SSSR count). The van der Waals surface area contributed by atoms with Gasteiger partial charge in [0.2, 0.25) is 0 Å². The first-order valence-corrected chi connectivity index (χ1v) is 6.97. The molecule has 0 aliphatic rings. The molecule has 108 valence electrons. The second-order valence-electron chi connectivity index (χ2n) is 4.79. The molecule has 19 heavy (non-hydrogen) atoms. The second kappa shape index (κ2) is 6.59. The lowest BCUT2D eigenvalue weighted by atomic mass is 10.0. The zero-order valence-corrected chi connectivity index (χ0v) is 13.7. The monoisotopic (exact) mass is 331 g/mol. The average molecular weight is 332 g/mol. The molecular formula is C14H22BrNO3. The van der Waals surface area contributed by atoms with E-state index in [2.05, 4.69) is 15.9 Å². The highest BCUT2D eigenvalue weighted by Gasteiger charge is 2.20. The summed E-state index contributed by atoms with van der Waals surface area (Å²) in [6.07, 6.45) is -0.769. The van der Waals surface area contributed by atoms with E-state index in [4.69, 9.17) is 9.84 Å². The van der Waals surface area contributed by atoms with Crippen molar-refractivity contribution in [1.82, 2.24) is 0 Å². The van der Waals surface area contributed by atoms with E-state index < -0.39 is 6.10 Å². The van der Waals surface area contributed by atoms with Gasteiger partial charge in [-0.25, -0.2) is 0 Å². The molecule has 0 amide bonds. The van der Waals surface area contributed by atoms with Crippen LogP contribution in [0.4, 0.5) is 5.69 Å². The lowest BCUT2D eigenvalue weighted by Gasteiger charge is -2.28. The molecular weight excluding hydrogens is 310 g/mol. The van der Waals surface area contributed by atoms with Crippen molar-refractivity contribution in [3.63, 3.8) is 0 Å². The van der Waals surface area contributed by atoms with Gasteiger partial charge in [-0.15, -0.1) is 0 Å². The number of hydrogen-bond donors (Lipinski definition) is 2. The number of aliphatic hydroxyl groups is 2. The van der Waals surface area contributed by atoms with Crippen LogP contribution in [0.15, 0.2) is 4.47 Å². The van der Waals surface area contributed by atoms with Crippen LogP contribution in [0.3, 0.4) is 0 Å². The van der Waals surface area contributed by atoms with Crippen LogP contribution in [0.2, 0.25) is 0 Å². The molecule has 1 aromatic rings. The molecule has 0 saturated heterocycles. The number of methoxy groups -OCH3 is 1. The molecule has 1 aromatic carbocycles. The van der Waals surface area contributed by atoms with E-state index >= 15 is 0 Å². The molecule has 0 aliphatic carbocycles. The van der Waals surface area contributed by atoms with E-state index in [-0.39, 0.29) is 6.61 Å². The summed E-state index contributed by atoms with van der Waals surface area (Å²) in [6, 6.07) is 0. The normalized spacial score (nSPS) is 12.4. The van der Waals surface area contributed by atoms with Gasteiger partial charge in [0, 0.05) is 18.1 Å². The fourth-order valence-electron chi connectivity index (χ4n) is 2.24. The topological polar surface area (TPSA) is 52.9 Å². The summed E-state index contributed by atoms with van der Waals surface area (Å²) >= 11 is 3.60. The lowest BCUT2D eigenvalue weighted by molar-refractivity contribution is 0.101. The summed E-state index contributed by atoms with van der Waals surface area (Å²) in [5.74, 6) is 0.811. The number of ether oxygens (including phenoxy) is 1. The van der Waals surface area contributed by atoms with E-state index in [0.29, 0.717) is 6.54 Å². The summed E-state index contributed by atoms with van der Waals surface area (Å²) in [7, 11) is 3.53. The van der Waals surface area contributed by atoms with Crippen LogP contribution in [0.5, 0.6) is 5.75 Å². The predicted molar refractivity (Wildman–Crippen MR) is 81.3 cm³/mol. The van der Waals surface area contributed by atoms with Crippen LogP contribution in [0.25, 0.3) is 0 Å². The van der Waals surface area contributed by atoms with Crippen LogP contribution in [0.1, 0.15) is 16.7 Å². The van der Waals surface area contributed by atoms with Crippen LogP contribution < -0.4 is 9.64 Å². The Morgan fingerprint density at radius 2 is 1.79 bits per heavy atom. The Bertz CT molecular complexity index is 463. The predicted octanol–water partition coefficient (Wildman–Crippen LogP) is 2.17. The van der Waals surface area contributed by atoms with Gasteiger partial charge in [0.1, 0.15) is 5.75 Å². The maximum Gasteiger partial charge on any atom is 0.145 e. The number of rotatable bonds is 5.